The highest BCUT2D eigenvalue weighted by Gasteiger charge is 2.30. The Labute approximate surface area is 130 Å². The van der Waals surface area contributed by atoms with Crippen molar-refractivity contribution in [1.29, 1.82) is 0 Å². The second-order valence-corrected chi connectivity index (χ2v) is 5.61. The molecule has 1 heterocycles. The van der Waals surface area contributed by atoms with Crippen LogP contribution in [0.4, 0.5) is 11.4 Å². The zero-order valence-corrected chi connectivity index (χ0v) is 13.4. The average Bonchev–Trinajstić information content (AvgIpc) is 2.47. The van der Waals surface area contributed by atoms with Crippen LogP contribution >= 0.6 is 0 Å². The number of aliphatic carboxylic acids is 1. The molecule has 0 saturated carbocycles. The molecule has 0 bridgehead atoms. The minimum Gasteiger partial charge on any atom is -0.481 e. The fourth-order valence-electron chi connectivity index (χ4n) is 2.56. The summed E-state index contributed by atoms with van der Waals surface area (Å²) in [4.78, 5) is 26.6. The van der Waals surface area contributed by atoms with E-state index < -0.39 is 18.0 Å². The fraction of sp³-hybridized carbons (Fsp3) is 0.500. The molecule has 1 aliphatic rings. The summed E-state index contributed by atoms with van der Waals surface area (Å²) in [5.41, 5.74) is 1.62. The van der Waals surface area contributed by atoms with Crippen LogP contribution in [0.3, 0.4) is 0 Å². The number of anilines is 2. The van der Waals surface area contributed by atoms with E-state index in [2.05, 4.69) is 0 Å². The average molecular weight is 306 g/mol. The smallest absolute Gasteiger partial charge is 0.308 e. The molecule has 120 valence electrons. The minimum absolute atomic E-state index is 0.0457. The van der Waals surface area contributed by atoms with Crippen molar-refractivity contribution >= 4 is 23.3 Å². The molecule has 1 N–H and O–H groups in total. The van der Waals surface area contributed by atoms with Crippen molar-refractivity contribution in [3.05, 3.63) is 18.2 Å². The van der Waals surface area contributed by atoms with Crippen LogP contribution in [0.2, 0.25) is 0 Å². The Morgan fingerprint density at radius 2 is 2.18 bits per heavy atom. The standard InChI is InChI=1S/C16H22N2O4/c1-5-18-13-7-6-12(17(4)9-10(2)16(20)21)8-14(13)22-11(3)15(18)19/h6-8,10-11H,5,9H2,1-4H3,(H,20,21). The molecule has 1 aromatic rings. The largest absolute Gasteiger partial charge is 0.481 e. The minimum atomic E-state index is -0.822. The number of fused-ring (bicyclic) bond motifs is 1. The third-order valence-corrected chi connectivity index (χ3v) is 3.88. The highest BCUT2D eigenvalue weighted by molar-refractivity contribution is 6.00. The number of carbonyl (C=O) groups excluding carboxylic acids is 1. The third-order valence-electron chi connectivity index (χ3n) is 3.88. The molecule has 6 nitrogen and oxygen atoms in total. The zero-order chi connectivity index (χ0) is 16.4. The van der Waals surface area contributed by atoms with Gasteiger partial charge in [-0.15, -0.1) is 0 Å². The van der Waals surface area contributed by atoms with Crippen molar-refractivity contribution in [2.75, 3.05) is 29.9 Å². The van der Waals surface area contributed by atoms with Crippen molar-refractivity contribution in [1.82, 2.24) is 0 Å². The normalized spacial score (nSPS) is 18.5. The maximum absolute atomic E-state index is 12.1. The monoisotopic (exact) mass is 306 g/mol. The first kappa shape index (κ1) is 16.1. The highest BCUT2D eigenvalue weighted by Crippen LogP contribution is 2.37. The van der Waals surface area contributed by atoms with E-state index in [-0.39, 0.29) is 5.91 Å². The van der Waals surface area contributed by atoms with Gasteiger partial charge in [-0.3, -0.25) is 9.59 Å². The van der Waals surface area contributed by atoms with Gasteiger partial charge in [0.15, 0.2) is 6.10 Å². The summed E-state index contributed by atoms with van der Waals surface area (Å²) in [5, 5.41) is 9.00. The number of ether oxygens (including phenoxy) is 1. The summed E-state index contributed by atoms with van der Waals surface area (Å²) in [5.74, 6) is -0.677. The lowest BCUT2D eigenvalue weighted by Gasteiger charge is -2.33. The first-order valence-electron chi connectivity index (χ1n) is 7.41. The highest BCUT2D eigenvalue weighted by atomic mass is 16.5. The SMILES string of the molecule is CCN1C(=O)C(C)Oc2cc(N(C)CC(C)C(=O)O)ccc21. The summed E-state index contributed by atoms with van der Waals surface area (Å²) in [6.07, 6.45) is -0.508. The van der Waals surface area contributed by atoms with Crippen LogP contribution in [-0.2, 0) is 9.59 Å². The maximum Gasteiger partial charge on any atom is 0.308 e. The van der Waals surface area contributed by atoms with Crippen molar-refractivity contribution < 1.29 is 19.4 Å². The molecule has 6 heteroatoms. The molecule has 2 rings (SSSR count). The lowest BCUT2D eigenvalue weighted by Crippen LogP contribution is -2.44. The molecule has 0 aliphatic carbocycles. The molecule has 22 heavy (non-hydrogen) atoms. The lowest BCUT2D eigenvalue weighted by molar-refractivity contribution is -0.140. The van der Waals surface area contributed by atoms with Gasteiger partial charge in [0.25, 0.3) is 5.91 Å². The van der Waals surface area contributed by atoms with Crippen molar-refractivity contribution in [2.45, 2.75) is 26.9 Å². The van der Waals surface area contributed by atoms with Gasteiger partial charge in [-0.1, -0.05) is 6.92 Å². The van der Waals surface area contributed by atoms with Gasteiger partial charge in [-0.2, -0.15) is 0 Å². The molecule has 0 spiro atoms. The molecule has 0 fully saturated rings. The second-order valence-electron chi connectivity index (χ2n) is 5.61. The van der Waals surface area contributed by atoms with Crippen LogP contribution in [-0.4, -0.2) is 43.2 Å². The third kappa shape index (κ3) is 3.00. The number of hydrogen-bond acceptors (Lipinski definition) is 4. The molecule has 1 aromatic carbocycles. The summed E-state index contributed by atoms with van der Waals surface area (Å²) in [6.45, 7) is 6.32. The van der Waals surface area contributed by atoms with Gasteiger partial charge in [-0.25, -0.2) is 0 Å². The zero-order valence-electron chi connectivity index (χ0n) is 13.4. The molecular weight excluding hydrogens is 284 g/mol. The molecule has 0 aromatic heterocycles. The van der Waals surface area contributed by atoms with Gasteiger partial charge in [0.2, 0.25) is 0 Å². The first-order valence-corrected chi connectivity index (χ1v) is 7.41. The molecule has 2 atom stereocenters. The Balaban J connectivity index is 2.26. The van der Waals surface area contributed by atoms with E-state index in [0.29, 0.717) is 18.8 Å². The van der Waals surface area contributed by atoms with Gasteiger partial charge in [0, 0.05) is 31.9 Å². The maximum atomic E-state index is 12.1. The summed E-state index contributed by atoms with van der Waals surface area (Å²) >= 11 is 0. The van der Waals surface area contributed by atoms with E-state index >= 15 is 0 Å². The van der Waals surface area contributed by atoms with Crippen LogP contribution in [0.15, 0.2) is 18.2 Å². The Morgan fingerprint density at radius 3 is 2.77 bits per heavy atom. The summed E-state index contributed by atoms with van der Waals surface area (Å²) in [6, 6.07) is 5.58. The summed E-state index contributed by atoms with van der Waals surface area (Å²) in [7, 11) is 1.84. The van der Waals surface area contributed by atoms with Crippen LogP contribution in [0, 0.1) is 5.92 Å². The van der Waals surface area contributed by atoms with Gasteiger partial charge in [0.1, 0.15) is 5.75 Å². The topological polar surface area (TPSA) is 70.1 Å². The van der Waals surface area contributed by atoms with Crippen LogP contribution in [0.25, 0.3) is 0 Å². The van der Waals surface area contributed by atoms with Crippen molar-refractivity contribution in [3.8, 4) is 5.75 Å². The quantitative estimate of drug-likeness (QED) is 0.900. The second kappa shape index (κ2) is 6.25. The van der Waals surface area contributed by atoms with Gasteiger partial charge in [0.05, 0.1) is 11.6 Å². The van der Waals surface area contributed by atoms with Gasteiger partial charge in [-0.05, 0) is 26.0 Å². The van der Waals surface area contributed by atoms with E-state index in [1.165, 1.54) is 0 Å². The number of amides is 1. The number of carbonyl (C=O) groups is 2. The predicted molar refractivity (Wildman–Crippen MR) is 84.6 cm³/mol. The Kier molecular flexibility index (Phi) is 4.59. The van der Waals surface area contributed by atoms with E-state index in [1.807, 2.05) is 37.1 Å². The molecule has 0 radical (unpaired) electrons. The predicted octanol–water partition coefficient (Wildman–Crippen LogP) is 1.98. The molecule has 1 amide bonds. The number of hydrogen-bond donors (Lipinski definition) is 1. The Bertz CT molecular complexity index is 588. The van der Waals surface area contributed by atoms with Crippen LogP contribution < -0.4 is 14.5 Å². The number of benzene rings is 1. The molecular formula is C16H22N2O4. The Morgan fingerprint density at radius 1 is 1.50 bits per heavy atom. The van der Waals surface area contributed by atoms with Crippen LogP contribution in [0.1, 0.15) is 20.8 Å². The number of rotatable bonds is 5. The van der Waals surface area contributed by atoms with Gasteiger partial charge < -0.3 is 19.6 Å². The fourth-order valence-corrected chi connectivity index (χ4v) is 2.56. The van der Waals surface area contributed by atoms with Crippen molar-refractivity contribution in [3.63, 3.8) is 0 Å². The summed E-state index contributed by atoms with van der Waals surface area (Å²) < 4.78 is 5.69. The molecule has 1 aliphatic heterocycles. The number of carboxylic acid groups (broad SMARTS) is 1. The van der Waals surface area contributed by atoms with Crippen molar-refractivity contribution in [2.24, 2.45) is 5.92 Å². The lowest BCUT2D eigenvalue weighted by atomic mass is 10.1. The molecule has 2 unspecified atom stereocenters. The first-order chi connectivity index (χ1) is 10.3. The van der Waals surface area contributed by atoms with E-state index in [0.717, 1.165) is 11.4 Å². The van der Waals surface area contributed by atoms with E-state index in [4.69, 9.17) is 9.84 Å². The van der Waals surface area contributed by atoms with Crippen LogP contribution in [0.5, 0.6) is 5.75 Å². The van der Waals surface area contributed by atoms with E-state index in [1.54, 1.807) is 18.7 Å². The number of likely N-dealkylation sites (N-methyl/N-ethyl adjacent to an activating group) is 1. The number of nitrogens with zero attached hydrogens (tertiary/aromatic N) is 2. The Hall–Kier alpha value is -2.24. The van der Waals surface area contributed by atoms with E-state index in [9.17, 15) is 9.59 Å². The van der Waals surface area contributed by atoms with Gasteiger partial charge >= 0.3 is 5.97 Å². The molecule has 0 saturated heterocycles. The number of carboxylic acids is 1.